The summed E-state index contributed by atoms with van der Waals surface area (Å²) in [5.41, 5.74) is 1.12. The molecule has 2 heterocycles. The Labute approximate surface area is 97.6 Å². The summed E-state index contributed by atoms with van der Waals surface area (Å²) in [5.74, 6) is 1.32. The van der Waals surface area contributed by atoms with Crippen molar-refractivity contribution in [1.82, 2.24) is 9.55 Å². The zero-order chi connectivity index (χ0) is 10.0. The lowest BCUT2D eigenvalue weighted by Crippen LogP contribution is -2.22. The van der Waals surface area contributed by atoms with Crippen LogP contribution in [0.4, 0.5) is 0 Å². The summed E-state index contributed by atoms with van der Waals surface area (Å²) in [4.78, 5) is 4.31. The van der Waals surface area contributed by atoms with Gasteiger partial charge in [-0.25, -0.2) is 4.98 Å². The minimum Gasteiger partial charge on any atom is -0.336 e. The Morgan fingerprint density at radius 2 is 2.57 bits per heavy atom. The van der Waals surface area contributed by atoms with Crippen LogP contribution in [0.1, 0.15) is 25.5 Å². The Balaban J connectivity index is 2.02. The minimum absolute atomic E-state index is 0.435. The van der Waals surface area contributed by atoms with Crippen molar-refractivity contribution in [2.45, 2.75) is 36.4 Å². The highest BCUT2D eigenvalue weighted by Gasteiger charge is 2.29. The van der Waals surface area contributed by atoms with Crippen molar-refractivity contribution in [1.29, 1.82) is 0 Å². The SMILES string of the molecule is CC1(Cn2cnc(CBr)c2)CCCS1. The minimum atomic E-state index is 0.435. The lowest BCUT2D eigenvalue weighted by atomic mass is 10.1. The molecule has 0 radical (unpaired) electrons. The third-order valence-electron chi connectivity index (χ3n) is 2.64. The first-order valence-corrected chi connectivity index (χ1v) is 7.03. The number of thioether (sulfide) groups is 1. The molecule has 78 valence electrons. The maximum Gasteiger partial charge on any atom is 0.0950 e. The number of alkyl halides is 1. The summed E-state index contributed by atoms with van der Waals surface area (Å²) in [5, 5.41) is 0.851. The van der Waals surface area contributed by atoms with Gasteiger partial charge in [-0.1, -0.05) is 15.9 Å². The molecule has 1 saturated heterocycles. The van der Waals surface area contributed by atoms with Gasteiger partial charge in [-0.05, 0) is 25.5 Å². The average molecular weight is 275 g/mol. The van der Waals surface area contributed by atoms with E-state index in [0.29, 0.717) is 4.75 Å². The second-order valence-corrected chi connectivity index (χ2v) is 6.32. The standard InChI is InChI=1S/C10H15BrN2S/c1-10(3-2-4-14-10)7-13-6-9(5-11)12-8-13/h6,8H,2-5,7H2,1H3. The van der Waals surface area contributed by atoms with Gasteiger partial charge in [0.2, 0.25) is 0 Å². The highest BCUT2D eigenvalue weighted by Crippen LogP contribution is 2.38. The monoisotopic (exact) mass is 274 g/mol. The van der Waals surface area contributed by atoms with Gasteiger partial charge in [0.1, 0.15) is 0 Å². The predicted molar refractivity (Wildman–Crippen MR) is 65.0 cm³/mol. The molecule has 1 atom stereocenters. The molecule has 1 unspecified atom stereocenters. The normalized spacial score (nSPS) is 27.0. The maximum atomic E-state index is 4.31. The number of imidazole rings is 1. The molecule has 1 fully saturated rings. The Morgan fingerprint density at radius 1 is 1.71 bits per heavy atom. The van der Waals surface area contributed by atoms with Gasteiger partial charge >= 0.3 is 0 Å². The van der Waals surface area contributed by atoms with Crippen LogP contribution >= 0.6 is 27.7 Å². The molecule has 4 heteroatoms. The van der Waals surface area contributed by atoms with Gasteiger partial charge in [0.25, 0.3) is 0 Å². The Bertz CT molecular complexity index is 305. The highest BCUT2D eigenvalue weighted by molar-refractivity contribution is 9.08. The Hall–Kier alpha value is 0.0400. The summed E-state index contributed by atoms with van der Waals surface area (Å²) >= 11 is 5.51. The van der Waals surface area contributed by atoms with Gasteiger partial charge in [0, 0.05) is 22.8 Å². The molecule has 1 aliphatic rings. The van der Waals surface area contributed by atoms with Crippen LogP contribution in [0, 0.1) is 0 Å². The van der Waals surface area contributed by atoms with Crippen molar-refractivity contribution in [2.24, 2.45) is 0 Å². The number of nitrogens with zero attached hydrogens (tertiary/aromatic N) is 2. The van der Waals surface area contributed by atoms with E-state index in [-0.39, 0.29) is 0 Å². The molecule has 0 aliphatic carbocycles. The summed E-state index contributed by atoms with van der Waals surface area (Å²) in [6, 6.07) is 0. The van der Waals surface area contributed by atoms with Crippen molar-refractivity contribution in [3.8, 4) is 0 Å². The molecule has 0 bridgehead atoms. The third kappa shape index (κ3) is 2.34. The number of aromatic nitrogens is 2. The van der Waals surface area contributed by atoms with Crippen molar-refractivity contribution in [3.63, 3.8) is 0 Å². The second-order valence-electron chi connectivity index (χ2n) is 4.07. The molecule has 0 spiro atoms. The Kier molecular flexibility index (Phi) is 3.22. The van der Waals surface area contributed by atoms with Gasteiger partial charge < -0.3 is 4.57 Å². The molecule has 0 N–H and O–H groups in total. The first kappa shape index (κ1) is 10.6. The van der Waals surface area contributed by atoms with Gasteiger partial charge in [-0.15, -0.1) is 0 Å². The highest BCUT2D eigenvalue weighted by atomic mass is 79.9. The zero-order valence-electron chi connectivity index (χ0n) is 8.37. The number of hydrogen-bond acceptors (Lipinski definition) is 2. The zero-order valence-corrected chi connectivity index (χ0v) is 10.8. The molecular weight excluding hydrogens is 260 g/mol. The number of rotatable bonds is 3. The van der Waals surface area contributed by atoms with Crippen LogP contribution in [0.3, 0.4) is 0 Å². The van der Waals surface area contributed by atoms with E-state index in [1.165, 1.54) is 18.6 Å². The van der Waals surface area contributed by atoms with Crippen molar-refractivity contribution < 1.29 is 0 Å². The lowest BCUT2D eigenvalue weighted by molar-refractivity contribution is 0.510. The van der Waals surface area contributed by atoms with Crippen LogP contribution in [0.25, 0.3) is 0 Å². The van der Waals surface area contributed by atoms with Crippen molar-refractivity contribution in [3.05, 3.63) is 18.2 Å². The first-order chi connectivity index (χ1) is 6.72. The van der Waals surface area contributed by atoms with Crippen molar-refractivity contribution >= 4 is 27.7 Å². The first-order valence-electron chi connectivity index (χ1n) is 4.92. The quantitative estimate of drug-likeness (QED) is 0.789. The average Bonchev–Trinajstić information content (AvgIpc) is 2.75. The summed E-state index contributed by atoms with van der Waals surface area (Å²) in [6.07, 6.45) is 6.78. The van der Waals surface area contributed by atoms with E-state index in [4.69, 9.17) is 0 Å². The summed E-state index contributed by atoms with van der Waals surface area (Å²) < 4.78 is 2.65. The third-order valence-corrected chi connectivity index (χ3v) is 4.74. The Morgan fingerprint density at radius 3 is 3.14 bits per heavy atom. The van der Waals surface area contributed by atoms with E-state index in [2.05, 4.69) is 50.4 Å². The summed E-state index contributed by atoms with van der Waals surface area (Å²) in [7, 11) is 0. The van der Waals surface area contributed by atoms with Crippen LogP contribution in [0.2, 0.25) is 0 Å². The topological polar surface area (TPSA) is 17.8 Å². The van der Waals surface area contributed by atoms with Gasteiger partial charge in [-0.2, -0.15) is 11.8 Å². The van der Waals surface area contributed by atoms with E-state index < -0.39 is 0 Å². The molecule has 1 aliphatic heterocycles. The van der Waals surface area contributed by atoms with Gasteiger partial charge in [0.05, 0.1) is 12.0 Å². The fourth-order valence-electron chi connectivity index (χ4n) is 1.91. The number of halogens is 1. The molecular formula is C10H15BrN2S. The molecule has 2 nitrogen and oxygen atoms in total. The largest absolute Gasteiger partial charge is 0.336 e. The van der Waals surface area contributed by atoms with Gasteiger partial charge in [-0.3, -0.25) is 0 Å². The van der Waals surface area contributed by atoms with Crippen LogP contribution in [-0.4, -0.2) is 20.1 Å². The van der Waals surface area contributed by atoms with Crippen molar-refractivity contribution in [2.75, 3.05) is 5.75 Å². The molecule has 0 amide bonds. The molecule has 1 aromatic heterocycles. The molecule has 0 aromatic carbocycles. The van der Waals surface area contributed by atoms with Crippen LogP contribution in [0.5, 0.6) is 0 Å². The molecule has 2 rings (SSSR count). The van der Waals surface area contributed by atoms with Crippen LogP contribution < -0.4 is 0 Å². The van der Waals surface area contributed by atoms with Gasteiger partial charge in [0.15, 0.2) is 0 Å². The maximum absolute atomic E-state index is 4.31. The summed E-state index contributed by atoms with van der Waals surface area (Å²) in [6.45, 7) is 3.45. The van der Waals surface area contributed by atoms with Crippen LogP contribution in [0.15, 0.2) is 12.5 Å². The molecule has 14 heavy (non-hydrogen) atoms. The molecule has 0 saturated carbocycles. The molecule has 1 aromatic rings. The van der Waals surface area contributed by atoms with E-state index in [1.54, 1.807) is 0 Å². The van der Waals surface area contributed by atoms with E-state index >= 15 is 0 Å². The smallest absolute Gasteiger partial charge is 0.0950 e. The van der Waals surface area contributed by atoms with Crippen LogP contribution in [-0.2, 0) is 11.9 Å². The lowest BCUT2D eigenvalue weighted by Gasteiger charge is -2.22. The fraction of sp³-hybridized carbons (Fsp3) is 0.700. The predicted octanol–water partition coefficient (Wildman–Crippen LogP) is 3.06. The number of hydrogen-bond donors (Lipinski definition) is 0. The van der Waals surface area contributed by atoms with E-state index in [1.807, 2.05) is 6.33 Å². The van der Waals surface area contributed by atoms with E-state index in [9.17, 15) is 0 Å². The second kappa shape index (κ2) is 4.27. The van der Waals surface area contributed by atoms with E-state index in [0.717, 1.165) is 17.6 Å². The fourth-order valence-corrected chi connectivity index (χ4v) is 3.51.